The summed E-state index contributed by atoms with van der Waals surface area (Å²) in [4.78, 5) is 24.2. The number of likely N-dealkylation sites (N-methyl/N-ethyl adjacent to an activating group) is 1. The lowest BCUT2D eigenvalue weighted by atomic mass is 10.1. The molecule has 1 amide bonds. The first-order chi connectivity index (χ1) is 12.0. The Morgan fingerprint density at radius 1 is 1.32 bits per heavy atom. The van der Waals surface area contributed by atoms with Gasteiger partial charge in [0.25, 0.3) is 0 Å². The van der Waals surface area contributed by atoms with Gasteiger partial charge in [-0.05, 0) is 12.0 Å². The third kappa shape index (κ3) is 4.60. The summed E-state index contributed by atoms with van der Waals surface area (Å²) in [6.45, 7) is 1.48. The normalized spacial score (nSPS) is 20.8. The van der Waals surface area contributed by atoms with E-state index in [-0.39, 0.29) is 11.9 Å². The van der Waals surface area contributed by atoms with Crippen molar-refractivity contribution in [3.8, 4) is 0 Å². The van der Waals surface area contributed by atoms with Crippen molar-refractivity contribution in [1.29, 1.82) is 0 Å². The van der Waals surface area contributed by atoms with Crippen molar-refractivity contribution < 1.29 is 9.18 Å². The third-order valence-corrected chi connectivity index (χ3v) is 4.50. The van der Waals surface area contributed by atoms with Crippen LogP contribution in [-0.2, 0) is 24.8 Å². The minimum absolute atomic E-state index is 0.00180. The van der Waals surface area contributed by atoms with Crippen molar-refractivity contribution in [3.05, 3.63) is 42.2 Å². The van der Waals surface area contributed by atoms with Crippen LogP contribution in [0.5, 0.6) is 0 Å². The molecule has 0 bridgehead atoms. The van der Waals surface area contributed by atoms with Crippen LogP contribution in [0.25, 0.3) is 0 Å². The van der Waals surface area contributed by atoms with Gasteiger partial charge in [-0.15, -0.1) is 0 Å². The van der Waals surface area contributed by atoms with Crippen molar-refractivity contribution in [2.24, 2.45) is 7.05 Å². The fourth-order valence-corrected chi connectivity index (χ4v) is 3.24. The topological polar surface area (TPSA) is 67.2 Å². The van der Waals surface area contributed by atoms with Gasteiger partial charge in [0.05, 0.1) is 12.6 Å². The van der Waals surface area contributed by atoms with E-state index in [4.69, 9.17) is 0 Å². The molecule has 25 heavy (non-hydrogen) atoms. The highest BCUT2D eigenvalue weighted by Crippen LogP contribution is 2.23. The van der Waals surface area contributed by atoms with Crippen LogP contribution >= 0.6 is 0 Å². The molecule has 2 aromatic rings. The Bertz CT molecular complexity index is 706. The van der Waals surface area contributed by atoms with E-state index in [0.717, 1.165) is 11.1 Å². The van der Waals surface area contributed by atoms with Gasteiger partial charge in [0.1, 0.15) is 12.5 Å². The van der Waals surface area contributed by atoms with Crippen LogP contribution < -0.4 is 0 Å². The van der Waals surface area contributed by atoms with Gasteiger partial charge in [-0.25, -0.2) is 14.4 Å². The average molecular weight is 346 g/mol. The van der Waals surface area contributed by atoms with Gasteiger partial charge in [0.15, 0.2) is 0 Å². The van der Waals surface area contributed by atoms with Gasteiger partial charge in [0, 0.05) is 63.9 Å². The van der Waals surface area contributed by atoms with E-state index in [0.29, 0.717) is 32.5 Å². The van der Waals surface area contributed by atoms with Gasteiger partial charge in [-0.1, -0.05) is 0 Å². The molecular formula is C17H23FN6O. The van der Waals surface area contributed by atoms with Crippen molar-refractivity contribution in [3.63, 3.8) is 0 Å². The molecule has 0 aromatic carbocycles. The maximum absolute atomic E-state index is 13.9. The van der Waals surface area contributed by atoms with Crippen LogP contribution in [0.3, 0.4) is 0 Å². The van der Waals surface area contributed by atoms with Crippen LogP contribution in [0.4, 0.5) is 4.39 Å². The molecule has 0 radical (unpaired) electrons. The first-order valence-electron chi connectivity index (χ1n) is 8.34. The maximum atomic E-state index is 13.9. The molecule has 2 atom stereocenters. The quantitative estimate of drug-likeness (QED) is 0.775. The summed E-state index contributed by atoms with van der Waals surface area (Å²) >= 11 is 0. The van der Waals surface area contributed by atoms with Gasteiger partial charge in [0.2, 0.25) is 5.91 Å². The Morgan fingerprint density at radius 2 is 2.08 bits per heavy atom. The minimum atomic E-state index is -0.864. The highest BCUT2D eigenvalue weighted by molar-refractivity contribution is 5.78. The number of carbonyl (C=O) groups excluding carboxylic acids is 1. The lowest BCUT2D eigenvalue weighted by Crippen LogP contribution is -2.41. The molecule has 0 N–H and O–H groups in total. The van der Waals surface area contributed by atoms with E-state index < -0.39 is 6.17 Å². The molecule has 7 nitrogen and oxygen atoms in total. The molecule has 0 saturated carbocycles. The highest BCUT2D eigenvalue weighted by Gasteiger charge is 2.33. The molecule has 1 fully saturated rings. The Balaban J connectivity index is 1.58. The SMILES string of the molecule is CN(C[C@@H]1C[C@H](F)CN1Cc1cncnc1)C(=O)Cc1cnn(C)c1. The number of carbonyl (C=O) groups is 1. The predicted octanol–water partition coefficient (Wildman–Crippen LogP) is 0.824. The van der Waals surface area contributed by atoms with Gasteiger partial charge >= 0.3 is 0 Å². The second-order valence-corrected chi connectivity index (χ2v) is 6.64. The average Bonchev–Trinajstić information content (AvgIpc) is 3.14. The van der Waals surface area contributed by atoms with Crippen LogP contribution in [0.2, 0.25) is 0 Å². The van der Waals surface area contributed by atoms with Crippen molar-refractivity contribution in [2.45, 2.75) is 31.6 Å². The van der Waals surface area contributed by atoms with Gasteiger partial charge in [-0.2, -0.15) is 5.10 Å². The lowest BCUT2D eigenvalue weighted by Gasteiger charge is -2.28. The smallest absolute Gasteiger partial charge is 0.226 e. The predicted molar refractivity (Wildman–Crippen MR) is 90.3 cm³/mol. The first kappa shape index (κ1) is 17.5. The van der Waals surface area contributed by atoms with E-state index >= 15 is 0 Å². The Kier molecular flexibility index (Phi) is 5.37. The van der Waals surface area contributed by atoms with E-state index in [1.807, 2.05) is 13.2 Å². The Morgan fingerprint density at radius 3 is 2.76 bits per heavy atom. The number of aromatic nitrogens is 4. The number of hydrogen-bond acceptors (Lipinski definition) is 5. The molecular weight excluding hydrogens is 323 g/mol. The number of likely N-dealkylation sites (tertiary alicyclic amines) is 1. The van der Waals surface area contributed by atoms with Crippen LogP contribution in [0, 0.1) is 0 Å². The number of hydrogen-bond donors (Lipinski definition) is 0. The number of halogens is 1. The number of nitrogens with zero attached hydrogens (tertiary/aromatic N) is 6. The Labute approximate surface area is 146 Å². The number of rotatable bonds is 6. The fraction of sp³-hybridized carbons (Fsp3) is 0.529. The number of aryl methyl sites for hydroxylation is 1. The summed E-state index contributed by atoms with van der Waals surface area (Å²) in [5.74, 6) is 0.0123. The van der Waals surface area contributed by atoms with E-state index in [2.05, 4.69) is 20.0 Å². The van der Waals surface area contributed by atoms with E-state index in [9.17, 15) is 9.18 Å². The third-order valence-electron chi connectivity index (χ3n) is 4.50. The minimum Gasteiger partial charge on any atom is -0.344 e. The zero-order valence-electron chi connectivity index (χ0n) is 14.5. The molecule has 0 aliphatic carbocycles. The summed E-state index contributed by atoms with van der Waals surface area (Å²) in [7, 11) is 3.59. The van der Waals surface area contributed by atoms with Gasteiger partial charge < -0.3 is 4.90 Å². The van der Waals surface area contributed by atoms with E-state index in [1.165, 1.54) is 6.33 Å². The molecule has 3 heterocycles. The highest BCUT2D eigenvalue weighted by atomic mass is 19.1. The molecule has 1 saturated heterocycles. The summed E-state index contributed by atoms with van der Waals surface area (Å²) in [5.41, 5.74) is 1.83. The summed E-state index contributed by atoms with van der Waals surface area (Å²) in [6, 6.07) is -0.00180. The van der Waals surface area contributed by atoms with Crippen molar-refractivity contribution in [2.75, 3.05) is 20.1 Å². The zero-order chi connectivity index (χ0) is 17.8. The van der Waals surface area contributed by atoms with Crippen LogP contribution in [-0.4, -0.2) is 67.8 Å². The summed E-state index contributed by atoms with van der Waals surface area (Å²) < 4.78 is 15.6. The first-order valence-corrected chi connectivity index (χ1v) is 8.34. The monoisotopic (exact) mass is 346 g/mol. The molecule has 1 aliphatic rings. The lowest BCUT2D eigenvalue weighted by molar-refractivity contribution is -0.129. The van der Waals surface area contributed by atoms with Crippen LogP contribution in [0.1, 0.15) is 17.5 Å². The molecule has 2 aromatic heterocycles. The molecule has 0 spiro atoms. The molecule has 3 rings (SSSR count). The number of alkyl halides is 1. The molecule has 8 heteroatoms. The van der Waals surface area contributed by atoms with Crippen molar-refractivity contribution in [1.82, 2.24) is 29.5 Å². The number of amides is 1. The van der Waals surface area contributed by atoms with Gasteiger partial charge in [-0.3, -0.25) is 14.4 Å². The summed E-state index contributed by atoms with van der Waals surface area (Å²) in [6.07, 6.45) is 8.38. The fourth-order valence-electron chi connectivity index (χ4n) is 3.24. The molecule has 1 aliphatic heterocycles. The largest absolute Gasteiger partial charge is 0.344 e. The second kappa shape index (κ2) is 7.69. The molecule has 0 unspecified atom stereocenters. The molecule has 134 valence electrons. The maximum Gasteiger partial charge on any atom is 0.226 e. The van der Waals surface area contributed by atoms with Crippen LogP contribution in [0.15, 0.2) is 31.1 Å². The Hall–Kier alpha value is -2.35. The summed E-state index contributed by atoms with van der Waals surface area (Å²) in [5, 5.41) is 4.08. The van der Waals surface area contributed by atoms with Crippen molar-refractivity contribution >= 4 is 5.91 Å². The standard InChI is InChI=1S/C17H23FN6O/c1-22(17(25)3-13-7-21-23(2)8-13)11-16-4-15(18)10-24(16)9-14-5-19-12-20-6-14/h5-8,12,15-16H,3-4,9-11H2,1-2H3/t15-,16-/m0/s1. The van der Waals surface area contributed by atoms with E-state index in [1.54, 1.807) is 35.2 Å². The zero-order valence-corrected chi connectivity index (χ0v) is 14.5. The second-order valence-electron chi connectivity index (χ2n) is 6.64.